The number of benzene rings is 2. The Morgan fingerprint density at radius 1 is 1.10 bits per heavy atom. The van der Waals surface area contributed by atoms with Crippen molar-refractivity contribution >= 4 is 23.6 Å². The van der Waals surface area contributed by atoms with Crippen LogP contribution in [-0.2, 0) is 4.79 Å². The van der Waals surface area contributed by atoms with Crippen LogP contribution in [0.3, 0.4) is 0 Å². The second-order valence-electron chi connectivity index (χ2n) is 7.20. The molecule has 1 aliphatic heterocycles. The highest BCUT2D eigenvalue weighted by Gasteiger charge is 2.24. The standard InChI is InChI=1S/C22H23N3O4/c1-16-10-12-24(13-11-16)22(27)20(23-21(26)18-7-3-2-4-8-18)15-17-6-5-9-19(14-17)25(28)29/h2-9,14-16H,10-13H2,1H3,(H,23,26)/b20-15-. The van der Waals surface area contributed by atoms with Crippen molar-refractivity contribution in [3.05, 3.63) is 81.5 Å². The van der Waals surface area contributed by atoms with E-state index in [1.165, 1.54) is 18.2 Å². The Hall–Kier alpha value is -3.48. The first-order valence-corrected chi connectivity index (χ1v) is 9.56. The number of hydrogen-bond donors (Lipinski definition) is 1. The van der Waals surface area contributed by atoms with Gasteiger partial charge in [-0.15, -0.1) is 0 Å². The van der Waals surface area contributed by atoms with Gasteiger partial charge in [-0.2, -0.15) is 0 Å². The third-order valence-electron chi connectivity index (χ3n) is 4.98. The maximum Gasteiger partial charge on any atom is 0.270 e. The van der Waals surface area contributed by atoms with Crippen LogP contribution in [0.4, 0.5) is 5.69 Å². The molecule has 2 aromatic rings. The molecule has 7 heteroatoms. The molecule has 0 aliphatic carbocycles. The Bertz CT molecular complexity index is 932. The van der Waals surface area contributed by atoms with Crippen molar-refractivity contribution in [3.63, 3.8) is 0 Å². The molecule has 0 radical (unpaired) electrons. The molecule has 0 spiro atoms. The fraction of sp³-hybridized carbons (Fsp3) is 0.273. The molecule has 0 aromatic heterocycles. The molecule has 0 unspecified atom stereocenters. The SMILES string of the molecule is CC1CCN(C(=O)/C(=C/c2cccc([N+](=O)[O-])c2)NC(=O)c2ccccc2)CC1. The van der Waals surface area contributed by atoms with Crippen LogP contribution < -0.4 is 5.32 Å². The zero-order chi connectivity index (χ0) is 20.8. The van der Waals surface area contributed by atoms with Gasteiger partial charge >= 0.3 is 0 Å². The summed E-state index contributed by atoms with van der Waals surface area (Å²) in [6.07, 6.45) is 3.30. The predicted octanol–water partition coefficient (Wildman–Crippen LogP) is 3.62. The zero-order valence-corrected chi connectivity index (χ0v) is 16.2. The molecule has 3 rings (SSSR count). The second-order valence-corrected chi connectivity index (χ2v) is 7.20. The number of nitro benzene ring substituents is 1. The normalized spacial score (nSPS) is 15.1. The lowest BCUT2D eigenvalue weighted by Gasteiger charge is -2.31. The van der Waals surface area contributed by atoms with Crippen molar-refractivity contribution < 1.29 is 14.5 Å². The molecule has 1 saturated heterocycles. The number of carbonyl (C=O) groups is 2. The average molecular weight is 393 g/mol. The molecule has 1 N–H and O–H groups in total. The number of amides is 2. The summed E-state index contributed by atoms with van der Waals surface area (Å²) in [6, 6.07) is 14.6. The van der Waals surface area contributed by atoms with E-state index in [1.54, 1.807) is 47.4 Å². The molecular weight excluding hydrogens is 370 g/mol. The third-order valence-corrected chi connectivity index (χ3v) is 4.98. The van der Waals surface area contributed by atoms with E-state index in [2.05, 4.69) is 12.2 Å². The highest BCUT2D eigenvalue weighted by atomic mass is 16.6. The van der Waals surface area contributed by atoms with Gasteiger partial charge in [0.1, 0.15) is 5.70 Å². The van der Waals surface area contributed by atoms with Crippen LogP contribution in [0.1, 0.15) is 35.7 Å². The first-order chi connectivity index (χ1) is 13.9. The molecule has 0 saturated carbocycles. The molecule has 1 heterocycles. The average Bonchev–Trinajstić information content (AvgIpc) is 2.74. The van der Waals surface area contributed by atoms with Crippen molar-refractivity contribution in [3.8, 4) is 0 Å². The Kier molecular flexibility index (Phi) is 6.39. The molecular formula is C22H23N3O4. The van der Waals surface area contributed by atoms with E-state index in [-0.39, 0.29) is 17.3 Å². The van der Waals surface area contributed by atoms with Crippen molar-refractivity contribution in [2.24, 2.45) is 5.92 Å². The van der Waals surface area contributed by atoms with Gasteiger partial charge in [-0.05, 0) is 42.5 Å². The monoisotopic (exact) mass is 393 g/mol. The third kappa shape index (κ3) is 5.28. The fourth-order valence-electron chi connectivity index (χ4n) is 3.21. The van der Waals surface area contributed by atoms with Crippen LogP contribution in [0.2, 0.25) is 0 Å². The quantitative estimate of drug-likeness (QED) is 0.477. The first kappa shape index (κ1) is 20.3. The number of carbonyl (C=O) groups excluding carboxylic acids is 2. The molecule has 0 atom stereocenters. The number of nitrogens with zero attached hydrogens (tertiary/aromatic N) is 2. The lowest BCUT2D eigenvalue weighted by molar-refractivity contribution is -0.384. The minimum atomic E-state index is -0.493. The maximum atomic E-state index is 13.1. The maximum absolute atomic E-state index is 13.1. The molecule has 150 valence electrons. The van der Waals surface area contributed by atoms with Crippen molar-refractivity contribution in [1.29, 1.82) is 0 Å². The number of hydrogen-bond acceptors (Lipinski definition) is 4. The second kappa shape index (κ2) is 9.14. The summed E-state index contributed by atoms with van der Waals surface area (Å²) >= 11 is 0. The number of nitro groups is 1. The molecule has 2 aromatic carbocycles. The highest BCUT2D eigenvalue weighted by molar-refractivity contribution is 6.05. The van der Waals surface area contributed by atoms with Gasteiger partial charge in [0.15, 0.2) is 0 Å². The zero-order valence-electron chi connectivity index (χ0n) is 16.2. The molecule has 0 bridgehead atoms. The van der Waals surface area contributed by atoms with Crippen LogP contribution in [0.15, 0.2) is 60.3 Å². The van der Waals surface area contributed by atoms with Gasteiger partial charge in [0.25, 0.3) is 17.5 Å². The van der Waals surface area contributed by atoms with Gasteiger partial charge < -0.3 is 10.2 Å². The van der Waals surface area contributed by atoms with Gasteiger partial charge in [-0.1, -0.05) is 37.3 Å². The van der Waals surface area contributed by atoms with Crippen molar-refractivity contribution in [1.82, 2.24) is 10.2 Å². The topological polar surface area (TPSA) is 92.6 Å². The molecule has 2 amide bonds. The van der Waals surface area contributed by atoms with Crippen LogP contribution >= 0.6 is 0 Å². The van der Waals surface area contributed by atoms with Gasteiger partial charge in [0.2, 0.25) is 0 Å². The van der Waals surface area contributed by atoms with E-state index in [0.29, 0.717) is 30.1 Å². The summed E-state index contributed by atoms with van der Waals surface area (Å²) in [4.78, 5) is 38.0. The lowest BCUT2D eigenvalue weighted by atomic mass is 9.99. The number of piperidine rings is 1. The van der Waals surface area contributed by atoms with E-state index in [9.17, 15) is 19.7 Å². The smallest absolute Gasteiger partial charge is 0.270 e. The Morgan fingerprint density at radius 2 is 1.79 bits per heavy atom. The van der Waals surface area contributed by atoms with E-state index in [1.807, 2.05) is 0 Å². The largest absolute Gasteiger partial charge is 0.337 e. The fourth-order valence-corrected chi connectivity index (χ4v) is 3.21. The van der Waals surface area contributed by atoms with Crippen molar-refractivity contribution in [2.45, 2.75) is 19.8 Å². The molecule has 7 nitrogen and oxygen atoms in total. The summed E-state index contributed by atoms with van der Waals surface area (Å²) in [5.41, 5.74) is 0.930. The van der Waals surface area contributed by atoms with Crippen molar-refractivity contribution in [2.75, 3.05) is 13.1 Å². The van der Waals surface area contributed by atoms with Crippen LogP contribution in [0, 0.1) is 16.0 Å². The van der Waals surface area contributed by atoms with Gasteiger partial charge in [0, 0.05) is 30.8 Å². The molecule has 1 aliphatic rings. The minimum absolute atomic E-state index is 0.0771. The first-order valence-electron chi connectivity index (χ1n) is 9.56. The van der Waals surface area contributed by atoms with E-state index in [0.717, 1.165) is 12.8 Å². The number of likely N-dealkylation sites (tertiary alicyclic amines) is 1. The number of rotatable bonds is 5. The summed E-state index contributed by atoms with van der Waals surface area (Å²) in [5.74, 6) is -0.129. The van der Waals surface area contributed by atoms with Gasteiger partial charge in [-0.25, -0.2) is 0 Å². The summed E-state index contributed by atoms with van der Waals surface area (Å²) in [6.45, 7) is 3.39. The number of nitrogens with one attached hydrogen (secondary N) is 1. The summed E-state index contributed by atoms with van der Waals surface area (Å²) < 4.78 is 0. The Labute approximate surface area is 169 Å². The molecule has 1 fully saturated rings. The lowest BCUT2D eigenvalue weighted by Crippen LogP contribution is -2.42. The van der Waals surface area contributed by atoms with Crippen LogP contribution in [-0.4, -0.2) is 34.7 Å². The minimum Gasteiger partial charge on any atom is -0.337 e. The predicted molar refractivity (Wildman–Crippen MR) is 110 cm³/mol. The van der Waals surface area contributed by atoms with E-state index >= 15 is 0 Å². The number of non-ortho nitro benzene ring substituents is 1. The summed E-state index contributed by atoms with van der Waals surface area (Å²) in [5, 5.41) is 13.8. The Morgan fingerprint density at radius 3 is 2.45 bits per heavy atom. The van der Waals surface area contributed by atoms with Gasteiger partial charge in [-0.3, -0.25) is 19.7 Å². The van der Waals surface area contributed by atoms with E-state index in [4.69, 9.17) is 0 Å². The summed E-state index contributed by atoms with van der Waals surface area (Å²) in [7, 11) is 0. The van der Waals surface area contributed by atoms with Gasteiger partial charge in [0.05, 0.1) is 4.92 Å². The van der Waals surface area contributed by atoms with Crippen LogP contribution in [0.25, 0.3) is 6.08 Å². The molecule has 29 heavy (non-hydrogen) atoms. The Balaban J connectivity index is 1.90. The van der Waals surface area contributed by atoms with Crippen LogP contribution in [0.5, 0.6) is 0 Å². The highest BCUT2D eigenvalue weighted by Crippen LogP contribution is 2.20. The van der Waals surface area contributed by atoms with E-state index < -0.39 is 10.8 Å².